The molecule has 12 heteroatoms. The molecule has 3 amide bonds. The number of para-hydroxylation sites is 1. The van der Waals surface area contributed by atoms with Gasteiger partial charge in [-0.15, -0.1) is 0 Å². The SMILES string of the molecule is CC(C)ON([C@H](CCN1C(=O)c2ccccc2C1=O)C(=O)NO)S(=O)(=O)c1ccc(Oc2ccccc2)cc1. The largest absolute Gasteiger partial charge is 0.457 e. The number of carbonyl (C=O) groups is 3. The average molecular weight is 554 g/mol. The van der Waals surface area contributed by atoms with Gasteiger partial charge in [0.1, 0.15) is 17.5 Å². The van der Waals surface area contributed by atoms with Gasteiger partial charge in [0.05, 0.1) is 22.1 Å². The van der Waals surface area contributed by atoms with Crippen molar-refractivity contribution in [1.29, 1.82) is 0 Å². The molecule has 0 saturated carbocycles. The highest BCUT2D eigenvalue weighted by Gasteiger charge is 2.41. The third-order valence-corrected chi connectivity index (χ3v) is 7.51. The molecule has 0 aliphatic carbocycles. The standard InChI is InChI=1S/C27H27N3O8S/c1-18(2)38-30(39(35,36)21-14-12-20(13-15-21)37-19-8-4-3-5-9-19)24(25(31)28-34)16-17-29-26(32)22-10-6-7-11-23(22)27(29)33/h3-15,18,24,34H,16-17H2,1-2H3,(H,28,31)/t24-/m1/s1. The quantitative estimate of drug-likeness (QED) is 0.209. The minimum atomic E-state index is -4.47. The Kier molecular flexibility index (Phi) is 8.41. The average Bonchev–Trinajstić information content (AvgIpc) is 3.17. The van der Waals surface area contributed by atoms with Gasteiger partial charge in [-0.2, -0.15) is 0 Å². The number of sulfonamides is 1. The number of fused-ring (bicyclic) bond motifs is 1. The summed E-state index contributed by atoms with van der Waals surface area (Å²) in [6.45, 7) is 2.83. The molecular weight excluding hydrogens is 526 g/mol. The second kappa shape index (κ2) is 11.7. The first-order chi connectivity index (χ1) is 18.6. The zero-order chi connectivity index (χ0) is 28.2. The lowest BCUT2D eigenvalue weighted by atomic mass is 10.1. The molecular formula is C27H27N3O8S. The Morgan fingerprint density at radius 3 is 1.97 bits per heavy atom. The summed E-state index contributed by atoms with van der Waals surface area (Å²) in [5.74, 6) is -1.28. The van der Waals surface area contributed by atoms with Gasteiger partial charge in [0, 0.05) is 6.54 Å². The summed E-state index contributed by atoms with van der Waals surface area (Å²) in [5, 5.41) is 9.40. The van der Waals surface area contributed by atoms with Crippen LogP contribution < -0.4 is 10.2 Å². The third kappa shape index (κ3) is 5.99. The Morgan fingerprint density at radius 2 is 1.44 bits per heavy atom. The van der Waals surface area contributed by atoms with Crippen molar-refractivity contribution in [1.82, 2.24) is 14.8 Å². The number of ether oxygens (including phenoxy) is 1. The fourth-order valence-electron chi connectivity index (χ4n) is 4.01. The normalized spacial score (nSPS) is 14.0. The number of nitrogens with one attached hydrogen (secondary N) is 1. The fraction of sp³-hybridized carbons (Fsp3) is 0.222. The number of amides is 3. The lowest BCUT2D eigenvalue weighted by molar-refractivity contribution is -0.167. The van der Waals surface area contributed by atoms with Crippen LogP contribution in [0.3, 0.4) is 0 Å². The summed E-state index contributed by atoms with van der Waals surface area (Å²) >= 11 is 0. The van der Waals surface area contributed by atoms with E-state index in [1.807, 2.05) is 6.07 Å². The second-order valence-corrected chi connectivity index (χ2v) is 10.7. The molecule has 2 N–H and O–H groups in total. The molecule has 0 bridgehead atoms. The van der Waals surface area contributed by atoms with Gasteiger partial charge in [-0.05, 0) is 68.8 Å². The zero-order valence-corrected chi connectivity index (χ0v) is 22.0. The molecule has 204 valence electrons. The van der Waals surface area contributed by atoms with E-state index in [4.69, 9.17) is 9.57 Å². The van der Waals surface area contributed by atoms with E-state index in [0.29, 0.717) is 16.0 Å². The Labute approximate surface area is 225 Å². The van der Waals surface area contributed by atoms with Gasteiger partial charge in [-0.1, -0.05) is 34.8 Å². The molecule has 1 aliphatic heterocycles. The molecule has 4 rings (SSSR count). The molecule has 39 heavy (non-hydrogen) atoms. The van der Waals surface area contributed by atoms with Crippen LogP contribution in [-0.4, -0.2) is 59.4 Å². The van der Waals surface area contributed by atoms with Gasteiger partial charge >= 0.3 is 0 Å². The van der Waals surface area contributed by atoms with Crippen molar-refractivity contribution in [2.24, 2.45) is 0 Å². The van der Waals surface area contributed by atoms with Crippen molar-refractivity contribution < 1.29 is 37.6 Å². The Morgan fingerprint density at radius 1 is 0.897 bits per heavy atom. The smallest absolute Gasteiger partial charge is 0.265 e. The molecule has 0 fully saturated rings. The molecule has 0 radical (unpaired) electrons. The van der Waals surface area contributed by atoms with E-state index in [9.17, 15) is 28.0 Å². The van der Waals surface area contributed by atoms with E-state index in [0.717, 1.165) is 4.90 Å². The van der Waals surface area contributed by atoms with Gasteiger partial charge in [0.2, 0.25) is 0 Å². The molecule has 3 aromatic carbocycles. The van der Waals surface area contributed by atoms with Crippen molar-refractivity contribution in [3.63, 3.8) is 0 Å². The van der Waals surface area contributed by atoms with Crippen LogP contribution in [0.25, 0.3) is 0 Å². The number of rotatable bonds is 11. The Bertz CT molecular complexity index is 1420. The lowest BCUT2D eigenvalue weighted by Crippen LogP contribution is -2.51. The van der Waals surface area contributed by atoms with Crippen LogP contribution in [0.15, 0.2) is 83.8 Å². The summed E-state index contributed by atoms with van der Waals surface area (Å²) in [6, 6.07) is 19.1. The second-order valence-electron chi connectivity index (χ2n) is 8.89. The number of benzene rings is 3. The van der Waals surface area contributed by atoms with Gasteiger partial charge < -0.3 is 4.74 Å². The summed E-state index contributed by atoms with van der Waals surface area (Å²) in [5.41, 5.74) is 1.89. The first kappa shape index (κ1) is 27.9. The predicted octanol–water partition coefficient (Wildman–Crippen LogP) is 3.37. The molecule has 0 unspecified atom stereocenters. The van der Waals surface area contributed by atoms with Gasteiger partial charge in [0.25, 0.3) is 27.7 Å². The van der Waals surface area contributed by atoms with E-state index in [1.165, 1.54) is 41.9 Å². The van der Waals surface area contributed by atoms with Crippen molar-refractivity contribution in [2.45, 2.75) is 37.3 Å². The van der Waals surface area contributed by atoms with E-state index in [2.05, 4.69) is 0 Å². The minimum Gasteiger partial charge on any atom is -0.457 e. The summed E-state index contributed by atoms with van der Waals surface area (Å²) < 4.78 is 33.5. The number of carbonyl (C=O) groups excluding carboxylic acids is 3. The predicted molar refractivity (Wildman–Crippen MR) is 138 cm³/mol. The molecule has 1 aliphatic rings. The van der Waals surface area contributed by atoms with Crippen LogP contribution >= 0.6 is 0 Å². The zero-order valence-electron chi connectivity index (χ0n) is 21.2. The lowest BCUT2D eigenvalue weighted by Gasteiger charge is -2.30. The number of nitrogens with zero attached hydrogens (tertiary/aromatic N) is 2. The molecule has 1 heterocycles. The van der Waals surface area contributed by atoms with Crippen LogP contribution in [0.4, 0.5) is 0 Å². The first-order valence-electron chi connectivity index (χ1n) is 12.1. The van der Waals surface area contributed by atoms with Crippen LogP contribution in [0.1, 0.15) is 41.0 Å². The van der Waals surface area contributed by atoms with Crippen LogP contribution in [0.5, 0.6) is 11.5 Å². The summed E-state index contributed by atoms with van der Waals surface area (Å²) in [7, 11) is -4.47. The number of hydroxylamine groups is 2. The topological polar surface area (TPSA) is 143 Å². The van der Waals surface area contributed by atoms with E-state index in [-0.39, 0.29) is 29.0 Å². The minimum absolute atomic E-state index is 0.208. The molecule has 3 aromatic rings. The van der Waals surface area contributed by atoms with Crippen molar-refractivity contribution in [3.05, 3.63) is 90.0 Å². The van der Waals surface area contributed by atoms with Crippen molar-refractivity contribution in [2.75, 3.05) is 6.54 Å². The van der Waals surface area contributed by atoms with Crippen molar-refractivity contribution >= 4 is 27.7 Å². The van der Waals surface area contributed by atoms with Crippen LogP contribution in [0, 0.1) is 0 Å². The highest BCUT2D eigenvalue weighted by molar-refractivity contribution is 7.89. The molecule has 0 spiro atoms. The maximum atomic E-state index is 13.7. The first-order valence-corrected chi connectivity index (χ1v) is 13.5. The van der Waals surface area contributed by atoms with Crippen LogP contribution in [-0.2, 0) is 19.7 Å². The monoisotopic (exact) mass is 553 g/mol. The number of imide groups is 1. The highest BCUT2D eigenvalue weighted by Crippen LogP contribution is 2.28. The van der Waals surface area contributed by atoms with E-state index in [1.54, 1.807) is 50.2 Å². The molecule has 11 nitrogen and oxygen atoms in total. The van der Waals surface area contributed by atoms with Gasteiger partial charge in [-0.25, -0.2) is 13.9 Å². The number of hydrogen-bond acceptors (Lipinski definition) is 8. The Balaban J connectivity index is 1.59. The number of hydrogen-bond donors (Lipinski definition) is 2. The van der Waals surface area contributed by atoms with Crippen LogP contribution in [0.2, 0.25) is 0 Å². The molecule has 1 atom stereocenters. The van der Waals surface area contributed by atoms with E-state index >= 15 is 0 Å². The van der Waals surface area contributed by atoms with E-state index < -0.39 is 39.9 Å². The highest BCUT2D eigenvalue weighted by atomic mass is 32.2. The maximum Gasteiger partial charge on any atom is 0.265 e. The maximum absolute atomic E-state index is 13.7. The van der Waals surface area contributed by atoms with Crippen molar-refractivity contribution in [3.8, 4) is 11.5 Å². The summed E-state index contributed by atoms with van der Waals surface area (Å²) in [4.78, 5) is 44.5. The molecule has 0 aromatic heterocycles. The van der Waals surface area contributed by atoms with Gasteiger partial charge in [0.15, 0.2) is 0 Å². The van der Waals surface area contributed by atoms with Gasteiger partial charge in [-0.3, -0.25) is 29.3 Å². The Hall–Kier alpha value is -4.10. The fourth-order valence-corrected chi connectivity index (χ4v) is 5.52. The molecule has 0 saturated heterocycles. The summed E-state index contributed by atoms with van der Waals surface area (Å²) in [6.07, 6.45) is -1.03. The third-order valence-electron chi connectivity index (χ3n) is 5.82.